The van der Waals surface area contributed by atoms with Crippen LogP contribution in [0, 0.1) is 5.82 Å². The van der Waals surface area contributed by atoms with Crippen LogP contribution in [-0.2, 0) is 16.8 Å². The molecular weight excluding hydrogens is 411 g/mol. The highest BCUT2D eigenvalue weighted by Crippen LogP contribution is 2.34. The Morgan fingerprint density at radius 3 is 2.47 bits per heavy atom. The molecule has 0 heterocycles. The monoisotopic (exact) mass is 446 g/mol. The Hall–Kier alpha value is -2.64. The summed E-state index contributed by atoms with van der Waals surface area (Å²) in [6, 6.07) is 11.6. The lowest BCUT2D eigenvalue weighted by atomic mass is 9.86. The summed E-state index contributed by atoms with van der Waals surface area (Å²) in [5.74, 6) is 0.997. The van der Waals surface area contributed by atoms with Crippen LogP contribution in [0.1, 0.15) is 38.8 Å². The molecule has 176 valence electrons. The van der Waals surface area contributed by atoms with Crippen LogP contribution in [-0.4, -0.2) is 55.4 Å². The number of methoxy groups -OCH3 is 1. The fourth-order valence-electron chi connectivity index (χ4n) is 3.25. The van der Waals surface area contributed by atoms with Gasteiger partial charge in [0.15, 0.2) is 0 Å². The van der Waals surface area contributed by atoms with Crippen molar-refractivity contribution in [3.05, 3.63) is 59.4 Å². The molecule has 2 rings (SSSR count). The lowest BCUT2D eigenvalue weighted by molar-refractivity contribution is -0.122. The zero-order valence-corrected chi connectivity index (χ0v) is 19.7. The summed E-state index contributed by atoms with van der Waals surface area (Å²) < 4.78 is 24.2. The Balaban J connectivity index is 1.86. The molecule has 0 spiro atoms. The number of rotatable bonds is 11. The van der Waals surface area contributed by atoms with Crippen LogP contribution in [0.5, 0.6) is 11.5 Å². The van der Waals surface area contributed by atoms with Gasteiger partial charge in [-0.15, -0.1) is 0 Å². The Labute approximate surface area is 190 Å². The molecule has 6 nitrogen and oxygen atoms in total. The molecule has 0 aromatic heterocycles. The summed E-state index contributed by atoms with van der Waals surface area (Å²) in [4.78, 5) is 14.1. The van der Waals surface area contributed by atoms with Gasteiger partial charge in [0.25, 0.3) is 0 Å². The highest BCUT2D eigenvalue weighted by molar-refractivity contribution is 5.78. The van der Waals surface area contributed by atoms with Crippen LogP contribution in [0.25, 0.3) is 0 Å². The van der Waals surface area contributed by atoms with Crippen molar-refractivity contribution in [1.82, 2.24) is 10.2 Å². The van der Waals surface area contributed by atoms with Crippen LogP contribution in [0.15, 0.2) is 42.5 Å². The van der Waals surface area contributed by atoms with Crippen LogP contribution >= 0.6 is 0 Å². The molecule has 7 heteroatoms. The SMILES string of the molecule is CCN(CC(=O)NCc1ccc(F)cc1)CC(O)COc1ccc(OC)cc1C(C)(C)C. The van der Waals surface area contributed by atoms with Crippen molar-refractivity contribution >= 4 is 5.91 Å². The first-order chi connectivity index (χ1) is 15.1. The lowest BCUT2D eigenvalue weighted by Crippen LogP contribution is -2.42. The Morgan fingerprint density at radius 2 is 1.88 bits per heavy atom. The minimum absolute atomic E-state index is 0.114. The molecule has 0 bridgehead atoms. The zero-order chi connectivity index (χ0) is 23.7. The maximum Gasteiger partial charge on any atom is 0.234 e. The number of carbonyl (C=O) groups is 1. The Kier molecular flexibility index (Phi) is 9.47. The van der Waals surface area contributed by atoms with Gasteiger partial charge in [-0.3, -0.25) is 9.69 Å². The van der Waals surface area contributed by atoms with E-state index in [1.54, 1.807) is 19.2 Å². The molecule has 2 N–H and O–H groups in total. The second-order valence-electron chi connectivity index (χ2n) is 8.81. The van der Waals surface area contributed by atoms with E-state index in [1.165, 1.54) is 12.1 Å². The molecule has 1 atom stereocenters. The molecule has 0 fully saturated rings. The fourth-order valence-corrected chi connectivity index (χ4v) is 3.25. The molecule has 0 saturated heterocycles. The molecule has 2 aromatic carbocycles. The van der Waals surface area contributed by atoms with E-state index in [2.05, 4.69) is 26.1 Å². The van der Waals surface area contributed by atoms with E-state index in [1.807, 2.05) is 30.0 Å². The largest absolute Gasteiger partial charge is 0.497 e. The summed E-state index contributed by atoms with van der Waals surface area (Å²) in [5.41, 5.74) is 1.68. The van der Waals surface area contributed by atoms with E-state index in [9.17, 15) is 14.3 Å². The van der Waals surface area contributed by atoms with Crippen molar-refractivity contribution in [2.75, 3.05) is 33.4 Å². The molecule has 1 amide bonds. The number of likely N-dealkylation sites (N-methyl/N-ethyl adjacent to an activating group) is 1. The first-order valence-electron chi connectivity index (χ1n) is 10.8. The summed E-state index contributed by atoms with van der Waals surface area (Å²) in [7, 11) is 1.63. The van der Waals surface area contributed by atoms with Gasteiger partial charge in [0.05, 0.1) is 13.7 Å². The Morgan fingerprint density at radius 1 is 1.19 bits per heavy atom. The topological polar surface area (TPSA) is 71.0 Å². The first-order valence-corrected chi connectivity index (χ1v) is 10.8. The van der Waals surface area contributed by atoms with Gasteiger partial charge in [-0.05, 0) is 47.9 Å². The number of amides is 1. The van der Waals surface area contributed by atoms with Crippen molar-refractivity contribution in [2.24, 2.45) is 0 Å². The van der Waals surface area contributed by atoms with Crippen molar-refractivity contribution in [3.8, 4) is 11.5 Å². The number of nitrogens with one attached hydrogen (secondary N) is 1. The van der Waals surface area contributed by atoms with Crippen LogP contribution in [0.2, 0.25) is 0 Å². The van der Waals surface area contributed by atoms with Gasteiger partial charge in [0.1, 0.15) is 30.0 Å². The smallest absolute Gasteiger partial charge is 0.234 e. The van der Waals surface area contributed by atoms with Crippen molar-refractivity contribution < 1.29 is 23.8 Å². The van der Waals surface area contributed by atoms with Gasteiger partial charge in [0.2, 0.25) is 5.91 Å². The second-order valence-corrected chi connectivity index (χ2v) is 8.81. The van der Waals surface area contributed by atoms with Crippen molar-refractivity contribution in [2.45, 2.75) is 45.8 Å². The quantitative estimate of drug-likeness (QED) is 0.553. The zero-order valence-electron chi connectivity index (χ0n) is 19.7. The predicted molar refractivity (Wildman–Crippen MR) is 124 cm³/mol. The van der Waals surface area contributed by atoms with E-state index in [-0.39, 0.29) is 30.3 Å². The third kappa shape index (κ3) is 8.13. The molecule has 0 aliphatic rings. The number of hydrogen-bond donors (Lipinski definition) is 2. The standard InChI is InChI=1S/C25H35FN2O4/c1-6-28(16-24(30)27-14-18-7-9-19(26)10-8-18)15-20(29)17-32-23-12-11-21(31-5)13-22(23)25(2,3)4/h7-13,20,29H,6,14-17H2,1-5H3,(H,27,30). The first kappa shape index (κ1) is 25.6. The lowest BCUT2D eigenvalue weighted by Gasteiger charge is -2.26. The van der Waals surface area contributed by atoms with Gasteiger partial charge in [-0.2, -0.15) is 0 Å². The molecule has 0 aliphatic carbocycles. The third-order valence-corrected chi connectivity index (χ3v) is 5.11. The number of ether oxygens (including phenoxy) is 2. The van der Waals surface area contributed by atoms with E-state index < -0.39 is 6.10 Å². The average Bonchev–Trinajstić information content (AvgIpc) is 2.76. The Bertz CT molecular complexity index is 865. The normalized spacial score (nSPS) is 12.5. The van der Waals surface area contributed by atoms with Gasteiger partial charge < -0.3 is 19.9 Å². The van der Waals surface area contributed by atoms with E-state index >= 15 is 0 Å². The molecule has 0 radical (unpaired) electrons. The minimum atomic E-state index is -0.755. The third-order valence-electron chi connectivity index (χ3n) is 5.11. The van der Waals surface area contributed by atoms with E-state index in [0.29, 0.717) is 25.4 Å². The summed E-state index contributed by atoms with van der Waals surface area (Å²) in [6.07, 6.45) is -0.755. The van der Waals surface area contributed by atoms with Gasteiger partial charge in [0, 0.05) is 18.7 Å². The number of aliphatic hydroxyl groups is 1. The van der Waals surface area contributed by atoms with Gasteiger partial charge >= 0.3 is 0 Å². The number of benzene rings is 2. The average molecular weight is 447 g/mol. The minimum Gasteiger partial charge on any atom is -0.497 e. The molecule has 0 saturated carbocycles. The maximum atomic E-state index is 13.0. The van der Waals surface area contributed by atoms with Crippen LogP contribution in [0.4, 0.5) is 4.39 Å². The molecule has 0 aliphatic heterocycles. The number of halogens is 1. The number of carbonyl (C=O) groups excluding carboxylic acids is 1. The van der Waals surface area contributed by atoms with E-state index in [4.69, 9.17) is 9.47 Å². The highest BCUT2D eigenvalue weighted by Gasteiger charge is 2.21. The number of hydrogen-bond acceptors (Lipinski definition) is 5. The summed E-state index contributed by atoms with van der Waals surface area (Å²) in [5, 5.41) is 13.3. The molecule has 1 unspecified atom stereocenters. The molecule has 32 heavy (non-hydrogen) atoms. The summed E-state index contributed by atoms with van der Waals surface area (Å²) >= 11 is 0. The second kappa shape index (κ2) is 11.8. The van der Waals surface area contributed by atoms with Crippen molar-refractivity contribution in [1.29, 1.82) is 0 Å². The predicted octanol–water partition coefficient (Wildman–Crippen LogP) is 3.51. The summed E-state index contributed by atoms with van der Waals surface area (Å²) in [6.45, 7) is 9.72. The van der Waals surface area contributed by atoms with Gasteiger partial charge in [-0.25, -0.2) is 4.39 Å². The molecule has 2 aromatic rings. The fraction of sp³-hybridized carbons (Fsp3) is 0.480. The van der Waals surface area contributed by atoms with Crippen molar-refractivity contribution in [3.63, 3.8) is 0 Å². The van der Waals surface area contributed by atoms with Crippen LogP contribution < -0.4 is 14.8 Å². The maximum absolute atomic E-state index is 13.0. The number of nitrogens with zero attached hydrogens (tertiary/aromatic N) is 1. The molecular formula is C25H35FN2O4. The number of aliphatic hydroxyl groups excluding tert-OH is 1. The van der Waals surface area contributed by atoms with E-state index in [0.717, 1.165) is 16.9 Å². The van der Waals surface area contributed by atoms with Crippen LogP contribution in [0.3, 0.4) is 0 Å². The van der Waals surface area contributed by atoms with Gasteiger partial charge in [-0.1, -0.05) is 39.8 Å². The highest BCUT2D eigenvalue weighted by atomic mass is 19.1.